The van der Waals surface area contributed by atoms with Gasteiger partial charge in [-0.3, -0.25) is 4.79 Å². The first-order chi connectivity index (χ1) is 7.13. The van der Waals surface area contributed by atoms with Crippen molar-refractivity contribution in [1.29, 1.82) is 0 Å². The second-order valence-corrected chi connectivity index (χ2v) is 3.50. The predicted octanol–water partition coefficient (Wildman–Crippen LogP) is -0.192. The molecule has 0 saturated carbocycles. The van der Waals surface area contributed by atoms with Crippen molar-refractivity contribution in [2.75, 3.05) is 27.2 Å². The SMILES string of the molecule is CN(C)CCOc1c[nH]c(CO)cc1=O. The number of aliphatic hydroxyl groups excluding tert-OH is 1. The highest BCUT2D eigenvalue weighted by Crippen LogP contribution is 2.01. The maximum atomic E-state index is 11.4. The van der Waals surface area contributed by atoms with E-state index in [1.54, 1.807) is 0 Å². The second kappa shape index (κ2) is 5.53. The molecule has 0 fully saturated rings. The maximum Gasteiger partial charge on any atom is 0.223 e. The van der Waals surface area contributed by atoms with Crippen LogP contribution < -0.4 is 10.2 Å². The van der Waals surface area contributed by atoms with Crippen LogP contribution in [-0.2, 0) is 6.61 Å². The first kappa shape index (κ1) is 11.7. The van der Waals surface area contributed by atoms with Crippen LogP contribution in [0.15, 0.2) is 17.1 Å². The highest BCUT2D eigenvalue weighted by Gasteiger charge is 2.01. The summed E-state index contributed by atoms with van der Waals surface area (Å²) in [6.45, 7) is 1.04. The first-order valence-electron chi connectivity index (χ1n) is 4.73. The van der Waals surface area contributed by atoms with Crippen molar-refractivity contribution in [2.45, 2.75) is 6.61 Å². The molecule has 5 nitrogen and oxygen atoms in total. The van der Waals surface area contributed by atoms with Crippen molar-refractivity contribution in [2.24, 2.45) is 0 Å². The van der Waals surface area contributed by atoms with Crippen LogP contribution in [0.5, 0.6) is 5.75 Å². The lowest BCUT2D eigenvalue weighted by molar-refractivity contribution is 0.257. The number of nitrogens with one attached hydrogen (secondary N) is 1. The fourth-order valence-corrected chi connectivity index (χ4v) is 1.04. The molecule has 1 rings (SSSR count). The van der Waals surface area contributed by atoms with Gasteiger partial charge in [-0.15, -0.1) is 0 Å². The average molecular weight is 212 g/mol. The van der Waals surface area contributed by atoms with E-state index in [-0.39, 0.29) is 17.8 Å². The standard InChI is InChI=1S/C10H16N2O3/c1-12(2)3-4-15-10-6-11-8(7-13)5-9(10)14/h5-6,13H,3-4,7H2,1-2H3,(H,11,14). The van der Waals surface area contributed by atoms with Gasteiger partial charge in [0.25, 0.3) is 0 Å². The van der Waals surface area contributed by atoms with Crippen LogP contribution in [-0.4, -0.2) is 42.2 Å². The van der Waals surface area contributed by atoms with E-state index in [4.69, 9.17) is 9.84 Å². The van der Waals surface area contributed by atoms with Crippen LogP contribution in [0.1, 0.15) is 5.69 Å². The molecule has 0 aromatic carbocycles. The third-order valence-corrected chi connectivity index (χ3v) is 1.90. The number of H-pyrrole nitrogens is 1. The minimum absolute atomic E-state index is 0.173. The van der Waals surface area contributed by atoms with Gasteiger partial charge in [-0.05, 0) is 14.1 Å². The molecule has 0 radical (unpaired) electrons. The molecule has 84 valence electrons. The number of aromatic nitrogens is 1. The van der Waals surface area contributed by atoms with Gasteiger partial charge in [-0.2, -0.15) is 0 Å². The average Bonchev–Trinajstić information content (AvgIpc) is 2.20. The van der Waals surface area contributed by atoms with Gasteiger partial charge in [-0.25, -0.2) is 0 Å². The molecule has 0 bridgehead atoms. The Morgan fingerprint density at radius 2 is 2.27 bits per heavy atom. The number of ether oxygens (including phenoxy) is 1. The molecule has 1 heterocycles. The molecule has 5 heteroatoms. The lowest BCUT2D eigenvalue weighted by Gasteiger charge is -2.10. The first-order valence-corrected chi connectivity index (χ1v) is 4.73. The summed E-state index contributed by atoms with van der Waals surface area (Å²) in [5, 5.41) is 8.78. The molecule has 2 N–H and O–H groups in total. The molecule has 0 amide bonds. The Kier molecular flexibility index (Phi) is 4.33. The molecule has 0 atom stereocenters. The molecule has 15 heavy (non-hydrogen) atoms. The van der Waals surface area contributed by atoms with E-state index in [2.05, 4.69) is 4.98 Å². The van der Waals surface area contributed by atoms with E-state index in [0.717, 1.165) is 6.54 Å². The van der Waals surface area contributed by atoms with Crippen molar-refractivity contribution < 1.29 is 9.84 Å². The summed E-state index contributed by atoms with van der Waals surface area (Å²) in [6.07, 6.45) is 1.48. The zero-order valence-corrected chi connectivity index (χ0v) is 8.99. The molecule has 1 aromatic heterocycles. The summed E-state index contributed by atoms with van der Waals surface area (Å²) in [5.74, 6) is 0.286. The number of pyridine rings is 1. The van der Waals surface area contributed by atoms with Gasteiger partial charge in [0, 0.05) is 24.5 Å². The molecule has 0 aliphatic carbocycles. The number of hydrogen-bond donors (Lipinski definition) is 2. The Bertz CT molecular complexity index is 360. The number of hydrogen-bond acceptors (Lipinski definition) is 4. The molecule has 1 aromatic rings. The summed E-state index contributed by atoms with van der Waals surface area (Å²) in [5.41, 5.74) is 0.275. The molecule has 0 spiro atoms. The van der Waals surface area contributed by atoms with E-state index in [9.17, 15) is 4.79 Å². The molecular formula is C10H16N2O3. The number of rotatable bonds is 5. The lowest BCUT2D eigenvalue weighted by atomic mass is 10.3. The number of aromatic amines is 1. The van der Waals surface area contributed by atoms with Crippen molar-refractivity contribution in [3.05, 3.63) is 28.2 Å². The quantitative estimate of drug-likeness (QED) is 0.710. The Balaban J connectivity index is 2.58. The molecular weight excluding hydrogens is 196 g/mol. The van der Waals surface area contributed by atoms with Crippen LogP contribution in [0.4, 0.5) is 0 Å². The van der Waals surface area contributed by atoms with Gasteiger partial charge in [0.05, 0.1) is 6.61 Å². The highest BCUT2D eigenvalue weighted by atomic mass is 16.5. The number of aliphatic hydroxyl groups is 1. The van der Waals surface area contributed by atoms with Crippen molar-refractivity contribution in [3.63, 3.8) is 0 Å². The Labute approximate surface area is 88.3 Å². The van der Waals surface area contributed by atoms with E-state index >= 15 is 0 Å². The fourth-order valence-electron chi connectivity index (χ4n) is 1.04. The second-order valence-electron chi connectivity index (χ2n) is 3.50. The van der Waals surface area contributed by atoms with Gasteiger partial charge in [0.15, 0.2) is 5.75 Å². The summed E-state index contributed by atoms with van der Waals surface area (Å²) in [4.78, 5) is 16.2. The zero-order valence-electron chi connectivity index (χ0n) is 8.99. The van der Waals surface area contributed by atoms with E-state index in [0.29, 0.717) is 12.3 Å². The Morgan fingerprint density at radius 1 is 1.53 bits per heavy atom. The van der Waals surface area contributed by atoms with Crippen LogP contribution >= 0.6 is 0 Å². The predicted molar refractivity (Wildman–Crippen MR) is 57.0 cm³/mol. The summed E-state index contributed by atoms with van der Waals surface area (Å²) >= 11 is 0. The number of nitrogens with zero attached hydrogens (tertiary/aromatic N) is 1. The van der Waals surface area contributed by atoms with Crippen LogP contribution in [0, 0.1) is 0 Å². The summed E-state index contributed by atoms with van der Waals surface area (Å²) < 4.78 is 5.28. The normalized spacial score (nSPS) is 10.7. The van der Waals surface area contributed by atoms with Crippen molar-refractivity contribution >= 4 is 0 Å². The molecule has 0 saturated heterocycles. The third kappa shape index (κ3) is 3.73. The monoisotopic (exact) mass is 212 g/mol. The van der Waals surface area contributed by atoms with Gasteiger partial charge in [0.1, 0.15) is 6.61 Å². The summed E-state index contributed by atoms with van der Waals surface area (Å²) in [7, 11) is 3.87. The molecule has 0 unspecified atom stereocenters. The van der Waals surface area contributed by atoms with Crippen LogP contribution in [0.3, 0.4) is 0 Å². The van der Waals surface area contributed by atoms with Crippen LogP contribution in [0.2, 0.25) is 0 Å². The van der Waals surface area contributed by atoms with Gasteiger partial charge in [0.2, 0.25) is 5.43 Å². The van der Waals surface area contributed by atoms with E-state index in [1.165, 1.54) is 12.3 Å². The maximum absolute atomic E-state index is 11.4. The van der Waals surface area contributed by atoms with E-state index in [1.807, 2.05) is 19.0 Å². The lowest BCUT2D eigenvalue weighted by Crippen LogP contribution is -2.21. The highest BCUT2D eigenvalue weighted by molar-refractivity contribution is 5.19. The van der Waals surface area contributed by atoms with Crippen molar-refractivity contribution in [1.82, 2.24) is 9.88 Å². The van der Waals surface area contributed by atoms with Gasteiger partial charge < -0.3 is 19.7 Å². The smallest absolute Gasteiger partial charge is 0.223 e. The van der Waals surface area contributed by atoms with Gasteiger partial charge >= 0.3 is 0 Å². The fraction of sp³-hybridized carbons (Fsp3) is 0.500. The van der Waals surface area contributed by atoms with E-state index < -0.39 is 0 Å². The zero-order chi connectivity index (χ0) is 11.3. The van der Waals surface area contributed by atoms with Gasteiger partial charge in [-0.1, -0.05) is 0 Å². The largest absolute Gasteiger partial charge is 0.487 e. The van der Waals surface area contributed by atoms with Crippen LogP contribution in [0.25, 0.3) is 0 Å². The topological polar surface area (TPSA) is 65.6 Å². The number of likely N-dealkylation sites (N-methyl/N-ethyl adjacent to an activating group) is 1. The minimum atomic E-state index is -0.212. The minimum Gasteiger partial charge on any atom is -0.487 e. The molecule has 0 aliphatic rings. The molecule has 0 aliphatic heterocycles. The third-order valence-electron chi connectivity index (χ3n) is 1.90. The Morgan fingerprint density at radius 3 is 2.80 bits per heavy atom. The Hall–Kier alpha value is -1.33. The summed E-state index contributed by atoms with van der Waals surface area (Å²) in [6, 6.07) is 1.34. The van der Waals surface area contributed by atoms with Crippen molar-refractivity contribution in [3.8, 4) is 5.75 Å².